The van der Waals surface area contributed by atoms with Crippen LogP contribution >= 0.6 is 0 Å². The maximum absolute atomic E-state index is 13.6. The number of aryl methyl sites for hydroxylation is 1. The number of carbonyl (C=O) groups is 2. The molecule has 0 spiro atoms. The Kier molecular flexibility index (Phi) is 6.44. The minimum atomic E-state index is -0.924. The van der Waals surface area contributed by atoms with Gasteiger partial charge in [0.25, 0.3) is 5.91 Å². The molecule has 2 N–H and O–H groups in total. The zero-order chi connectivity index (χ0) is 23.4. The van der Waals surface area contributed by atoms with Gasteiger partial charge < -0.3 is 15.2 Å². The summed E-state index contributed by atoms with van der Waals surface area (Å²) >= 11 is 0. The van der Waals surface area contributed by atoms with Gasteiger partial charge >= 0.3 is 0 Å². The van der Waals surface area contributed by atoms with E-state index in [0.29, 0.717) is 18.2 Å². The van der Waals surface area contributed by atoms with E-state index in [4.69, 9.17) is 0 Å². The van der Waals surface area contributed by atoms with Crippen molar-refractivity contribution < 1.29 is 18.4 Å². The van der Waals surface area contributed by atoms with E-state index < -0.39 is 17.5 Å². The molecule has 4 aromatic rings. The molecular weight excluding hydrogens is 426 g/mol. The second-order valence-electron chi connectivity index (χ2n) is 7.59. The molecule has 2 amide bonds. The molecule has 0 saturated heterocycles. The fourth-order valence-corrected chi connectivity index (χ4v) is 3.55. The fraction of sp³-hybridized carbons (Fsp3) is 0.160. The van der Waals surface area contributed by atoms with Crippen molar-refractivity contribution in [1.29, 1.82) is 0 Å². The number of imidazole rings is 1. The summed E-state index contributed by atoms with van der Waals surface area (Å²) in [5.74, 6) is -1.69. The molecule has 0 aliphatic rings. The lowest BCUT2D eigenvalue weighted by molar-refractivity contribution is -0.116. The number of para-hydroxylation sites is 2. The Morgan fingerprint density at radius 1 is 1.00 bits per heavy atom. The first-order chi connectivity index (χ1) is 15.9. The fourth-order valence-electron chi connectivity index (χ4n) is 3.55. The van der Waals surface area contributed by atoms with Crippen molar-refractivity contribution in [3.8, 4) is 11.4 Å². The third-order valence-corrected chi connectivity index (χ3v) is 5.26. The van der Waals surface area contributed by atoms with Gasteiger partial charge in [0, 0.05) is 37.3 Å². The lowest BCUT2D eigenvalue weighted by Gasteiger charge is -2.08. The summed E-state index contributed by atoms with van der Waals surface area (Å²) in [6.07, 6.45) is 0.553. The van der Waals surface area contributed by atoms with Gasteiger partial charge in [-0.2, -0.15) is 0 Å². The van der Waals surface area contributed by atoms with Crippen molar-refractivity contribution in [3.63, 3.8) is 0 Å². The molecule has 0 radical (unpaired) electrons. The first kappa shape index (κ1) is 22.1. The number of carbonyl (C=O) groups excluding carboxylic acids is 2. The number of benzene rings is 3. The van der Waals surface area contributed by atoms with Crippen LogP contribution in [0.1, 0.15) is 23.2 Å². The summed E-state index contributed by atoms with van der Waals surface area (Å²) in [4.78, 5) is 28.8. The summed E-state index contributed by atoms with van der Waals surface area (Å²) < 4.78 is 28.6. The van der Waals surface area contributed by atoms with Crippen molar-refractivity contribution in [3.05, 3.63) is 83.9 Å². The second kappa shape index (κ2) is 9.60. The van der Waals surface area contributed by atoms with E-state index >= 15 is 0 Å². The van der Waals surface area contributed by atoms with E-state index in [1.165, 1.54) is 0 Å². The highest BCUT2D eigenvalue weighted by atomic mass is 19.1. The van der Waals surface area contributed by atoms with Crippen LogP contribution in [0.5, 0.6) is 0 Å². The van der Waals surface area contributed by atoms with Crippen molar-refractivity contribution in [1.82, 2.24) is 14.9 Å². The average Bonchev–Trinajstić information content (AvgIpc) is 3.14. The van der Waals surface area contributed by atoms with Crippen LogP contribution in [0.4, 0.5) is 14.5 Å². The summed E-state index contributed by atoms with van der Waals surface area (Å²) in [6.45, 7) is 0.189. The Labute approximate surface area is 189 Å². The third kappa shape index (κ3) is 5.06. The van der Waals surface area contributed by atoms with E-state index in [1.54, 1.807) is 0 Å². The monoisotopic (exact) mass is 448 g/mol. The number of nitrogens with one attached hydrogen (secondary N) is 2. The summed E-state index contributed by atoms with van der Waals surface area (Å²) in [7, 11) is 1.96. The number of nitrogens with zero attached hydrogens (tertiary/aromatic N) is 2. The molecule has 168 valence electrons. The first-order valence-corrected chi connectivity index (χ1v) is 10.5. The molecule has 0 unspecified atom stereocenters. The van der Waals surface area contributed by atoms with Crippen molar-refractivity contribution in [2.24, 2.45) is 7.05 Å². The van der Waals surface area contributed by atoms with Crippen molar-refractivity contribution in [2.75, 3.05) is 11.9 Å². The number of fused-ring (bicyclic) bond motifs is 1. The van der Waals surface area contributed by atoms with Crippen LogP contribution in [0.3, 0.4) is 0 Å². The van der Waals surface area contributed by atoms with Crippen molar-refractivity contribution >= 4 is 28.5 Å². The van der Waals surface area contributed by atoms with Crippen LogP contribution < -0.4 is 10.6 Å². The lowest BCUT2D eigenvalue weighted by Crippen LogP contribution is -2.26. The van der Waals surface area contributed by atoms with E-state index in [-0.39, 0.29) is 24.4 Å². The third-order valence-electron chi connectivity index (χ3n) is 5.26. The predicted octanol–water partition coefficient (Wildman–Crippen LogP) is 4.67. The van der Waals surface area contributed by atoms with Gasteiger partial charge in [-0.1, -0.05) is 12.1 Å². The Morgan fingerprint density at radius 3 is 2.48 bits per heavy atom. The Bertz CT molecular complexity index is 1320. The van der Waals surface area contributed by atoms with Crippen LogP contribution in [0.2, 0.25) is 0 Å². The van der Waals surface area contributed by atoms with Crippen LogP contribution in [-0.2, 0) is 11.8 Å². The predicted molar refractivity (Wildman–Crippen MR) is 123 cm³/mol. The van der Waals surface area contributed by atoms with E-state index in [2.05, 4.69) is 15.6 Å². The normalized spacial score (nSPS) is 10.9. The zero-order valence-corrected chi connectivity index (χ0v) is 17.9. The molecule has 33 heavy (non-hydrogen) atoms. The van der Waals surface area contributed by atoms with Gasteiger partial charge in [-0.25, -0.2) is 13.8 Å². The van der Waals surface area contributed by atoms with Crippen LogP contribution in [0, 0.1) is 11.6 Å². The molecule has 1 heterocycles. The Balaban J connectivity index is 1.27. The maximum atomic E-state index is 13.6. The minimum Gasteiger partial charge on any atom is -0.352 e. The molecule has 4 rings (SSSR count). The smallest absolute Gasteiger partial charge is 0.254 e. The van der Waals surface area contributed by atoms with Crippen LogP contribution in [-0.4, -0.2) is 27.9 Å². The maximum Gasteiger partial charge on any atom is 0.254 e. The number of rotatable bonds is 7. The Morgan fingerprint density at radius 2 is 1.76 bits per heavy atom. The SMILES string of the molecule is Cn1c(-c2ccc(NC(=O)CCCNC(=O)c3ccc(F)cc3F)cc2)nc2ccccc21. The molecule has 3 aromatic carbocycles. The average molecular weight is 448 g/mol. The van der Waals surface area contributed by atoms with Gasteiger partial charge in [-0.05, 0) is 55.0 Å². The van der Waals surface area contributed by atoms with Crippen LogP contribution in [0.25, 0.3) is 22.4 Å². The van der Waals surface area contributed by atoms with Gasteiger partial charge in [-0.15, -0.1) is 0 Å². The highest BCUT2D eigenvalue weighted by molar-refractivity contribution is 5.94. The molecule has 0 aliphatic carbocycles. The number of anilines is 1. The summed E-state index contributed by atoms with van der Waals surface area (Å²) in [5.41, 5.74) is 3.31. The minimum absolute atomic E-state index is 0.179. The molecule has 0 atom stereocenters. The molecule has 0 saturated carbocycles. The van der Waals surface area contributed by atoms with Gasteiger partial charge in [0.1, 0.15) is 17.5 Å². The molecular formula is C25H22F2N4O2. The molecule has 6 nitrogen and oxygen atoms in total. The standard InChI is InChI=1S/C25H22F2N4O2/c1-31-22-6-3-2-5-21(22)30-24(31)16-8-11-18(12-9-16)29-23(32)7-4-14-28-25(33)19-13-10-17(26)15-20(19)27/h2-3,5-6,8-13,15H,4,7,14H2,1H3,(H,28,33)(H,29,32). The quantitative estimate of drug-likeness (QED) is 0.404. The first-order valence-electron chi connectivity index (χ1n) is 10.5. The number of amides is 2. The van der Waals surface area contributed by atoms with Gasteiger partial charge in [-0.3, -0.25) is 9.59 Å². The zero-order valence-electron chi connectivity index (χ0n) is 17.9. The van der Waals surface area contributed by atoms with Gasteiger partial charge in [0.05, 0.1) is 16.6 Å². The highest BCUT2D eigenvalue weighted by Gasteiger charge is 2.13. The molecule has 1 aromatic heterocycles. The summed E-state index contributed by atoms with van der Waals surface area (Å²) in [5, 5.41) is 5.35. The van der Waals surface area contributed by atoms with E-state index in [1.807, 2.05) is 60.1 Å². The molecule has 0 bridgehead atoms. The summed E-state index contributed by atoms with van der Waals surface area (Å²) in [6, 6.07) is 18.1. The highest BCUT2D eigenvalue weighted by Crippen LogP contribution is 2.24. The molecule has 0 fully saturated rings. The molecule has 0 aliphatic heterocycles. The number of hydrogen-bond donors (Lipinski definition) is 2. The lowest BCUT2D eigenvalue weighted by atomic mass is 10.2. The van der Waals surface area contributed by atoms with Crippen LogP contribution in [0.15, 0.2) is 66.7 Å². The van der Waals surface area contributed by atoms with Gasteiger partial charge in [0.15, 0.2) is 0 Å². The number of hydrogen-bond acceptors (Lipinski definition) is 3. The topological polar surface area (TPSA) is 76.0 Å². The van der Waals surface area contributed by atoms with Crippen molar-refractivity contribution in [2.45, 2.75) is 12.8 Å². The number of halogens is 2. The number of aromatic nitrogens is 2. The molecule has 8 heteroatoms. The van der Waals surface area contributed by atoms with E-state index in [9.17, 15) is 18.4 Å². The largest absolute Gasteiger partial charge is 0.352 e. The van der Waals surface area contributed by atoms with E-state index in [0.717, 1.165) is 34.6 Å². The Hall–Kier alpha value is -4.07. The second-order valence-corrected chi connectivity index (χ2v) is 7.59. The van der Waals surface area contributed by atoms with Gasteiger partial charge in [0.2, 0.25) is 5.91 Å².